The van der Waals surface area contributed by atoms with E-state index in [0.717, 1.165) is 17.0 Å². The van der Waals surface area contributed by atoms with Crippen LogP contribution >= 0.6 is 0 Å². The Hall–Kier alpha value is -2.80. The first kappa shape index (κ1) is 22.5. The van der Waals surface area contributed by atoms with Gasteiger partial charge < -0.3 is 25.5 Å². The fourth-order valence-electron chi connectivity index (χ4n) is 2.56. The van der Waals surface area contributed by atoms with Crippen LogP contribution in [0.2, 0.25) is 0 Å². The third-order valence-electron chi connectivity index (χ3n) is 4.38. The van der Waals surface area contributed by atoms with Gasteiger partial charge in [-0.1, -0.05) is 26.0 Å². The van der Waals surface area contributed by atoms with Gasteiger partial charge >= 0.3 is 0 Å². The number of carbonyl (C=O) groups excluding carboxylic acids is 1. The summed E-state index contributed by atoms with van der Waals surface area (Å²) in [5, 5.41) is 19.9. The number of nitrogens with zero attached hydrogens (tertiary/aromatic N) is 1. The van der Waals surface area contributed by atoms with Gasteiger partial charge in [0.15, 0.2) is 5.96 Å². The van der Waals surface area contributed by atoms with Crippen molar-refractivity contribution in [3.8, 4) is 0 Å². The minimum Gasteiger partial charge on any atom is -0.463 e. The molecule has 0 radical (unpaired) electrons. The predicted molar refractivity (Wildman–Crippen MR) is 116 cm³/mol. The fraction of sp³-hybridized carbons (Fsp3) is 0.455. The van der Waals surface area contributed by atoms with Crippen LogP contribution in [0.1, 0.15) is 44.8 Å². The van der Waals surface area contributed by atoms with Crippen molar-refractivity contribution < 1.29 is 14.3 Å². The summed E-state index contributed by atoms with van der Waals surface area (Å²) < 4.78 is 5.54. The molecule has 4 N–H and O–H groups in total. The zero-order valence-corrected chi connectivity index (χ0v) is 17.9. The molecule has 1 amide bonds. The van der Waals surface area contributed by atoms with Crippen LogP contribution in [0.5, 0.6) is 0 Å². The Morgan fingerprint density at radius 1 is 1.17 bits per heavy atom. The maximum Gasteiger partial charge on any atom is 0.226 e. The van der Waals surface area contributed by atoms with Gasteiger partial charge in [-0.15, -0.1) is 0 Å². The standard InChI is InChI=1S/C22H32N4O3/c1-6-23-21(25-14-22(5,28)19-12-7-16(4)29-19)24-13-17-8-10-18(11-9-17)26-20(27)15(2)3/h7-12,15,28H,6,13-14H2,1-5H3,(H,26,27)(H2,23,24,25). The van der Waals surface area contributed by atoms with E-state index in [1.54, 1.807) is 13.0 Å². The van der Waals surface area contributed by atoms with Crippen molar-refractivity contribution in [1.82, 2.24) is 10.6 Å². The van der Waals surface area contributed by atoms with Crippen molar-refractivity contribution in [2.75, 3.05) is 18.4 Å². The molecule has 0 aliphatic rings. The third kappa shape index (κ3) is 6.94. The smallest absolute Gasteiger partial charge is 0.226 e. The molecule has 0 saturated heterocycles. The summed E-state index contributed by atoms with van der Waals surface area (Å²) in [5.41, 5.74) is 0.630. The molecule has 0 aliphatic carbocycles. The van der Waals surface area contributed by atoms with Crippen LogP contribution in [0.25, 0.3) is 0 Å². The molecule has 158 valence electrons. The lowest BCUT2D eigenvalue weighted by atomic mass is 10.0. The fourth-order valence-corrected chi connectivity index (χ4v) is 2.56. The van der Waals surface area contributed by atoms with Crippen molar-refractivity contribution >= 4 is 17.6 Å². The summed E-state index contributed by atoms with van der Waals surface area (Å²) in [5.74, 6) is 1.81. The maximum atomic E-state index is 11.8. The minimum atomic E-state index is -1.15. The predicted octanol–water partition coefficient (Wildman–Crippen LogP) is 3.15. The Kier molecular flexibility index (Phi) is 7.84. The maximum absolute atomic E-state index is 11.8. The number of aliphatic hydroxyl groups is 1. The molecule has 0 spiro atoms. The molecule has 29 heavy (non-hydrogen) atoms. The molecule has 2 aromatic rings. The Morgan fingerprint density at radius 3 is 2.41 bits per heavy atom. The van der Waals surface area contributed by atoms with Gasteiger partial charge in [0.1, 0.15) is 17.1 Å². The lowest BCUT2D eigenvalue weighted by molar-refractivity contribution is -0.118. The summed E-state index contributed by atoms with van der Waals surface area (Å²) in [4.78, 5) is 16.3. The number of carbonyl (C=O) groups is 1. The Balaban J connectivity index is 1.97. The highest BCUT2D eigenvalue weighted by atomic mass is 16.4. The van der Waals surface area contributed by atoms with E-state index in [0.29, 0.717) is 24.8 Å². The van der Waals surface area contributed by atoms with Gasteiger partial charge in [0.2, 0.25) is 5.91 Å². The number of rotatable bonds is 8. The highest BCUT2D eigenvalue weighted by Gasteiger charge is 2.27. The number of guanidine groups is 1. The van der Waals surface area contributed by atoms with Crippen LogP contribution < -0.4 is 16.0 Å². The normalized spacial score (nSPS) is 13.8. The van der Waals surface area contributed by atoms with Gasteiger partial charge in [-0.05, 0) is 50.6 Å². The van der Waals surface area contributed by atoms with E-state index < -0.39 is 5.60 Å². The van der Waals surface area contributed by atoms with Gasteiger partial charge in [-0.25, -0.2) is 4.99 Å². The van der Waals surface area contributed by atoms with Crippen molar-refractivity contribution in [3.05, 3.63) is 53.5 Å². The van der Waals surface area contributed by atoms with Crippen LogP contribution in [-0.2, 0) is 16.9 Å². The van der Waals surface area contributed by atoms with Gasteiger partial charge in [0.25, 0.3) is 0 Å². The molecule has 0 bridgehead atoms. The lowest BCUT2D eigenvalue weighted by Gasteiger charge is -2.22. The van der Waals surface area contributed by atoms with Gasteiger partial charge in [0.05, 0.1) is 13.1 Å². The van der Waals surface area contributed by atoms with Gasteiger partial charge in [0, 0.05) is 18.2 Å². The highest BCUT2D eigenvalue weighted by molar-refractivity contribution is 5.92. The molecule has 1 aromatic heterocycles. The Morgan fingerprint density at radius 2 is 1.86 bits per heavy atom. The first-order valence-corrected chi connectivity index (χ1v) is 9.92. The first-order chi connectivity index (χ1) is 13.7. The van der Waals surface area contributed by atoms with Crippen molar-refractivity contribution in [2.45, 2.75) is 46.8 Å². The average molecular weight is 401 g/mol. The van der Waals surface area contributed by atoms with Crippen LogP contribution in [0.15, 0.2) is 45.8 Å². The zero-order chi connectivity index (χ0) is 21.4. The molecule has 2 rings (SSSR count). The lowest BCUT2D eigenvalue weighted by Crippen LogP contribution is -2.44. The van der Waals surface area contributed by atoms with Crippen LogP contribution in [0, 0.1) is 12.8 Å². The largest absolute Gasteiger partial charge is 0.463 e. The topological polar surface area (TPSA) is 98.9 Å². The summed E-state index contributed by atoms with van der Waals surface area (Å²) in [6.07, 6.45) is 0. The zero-order valence-electron chi connectivity index (χ0n) is 17.9. The molecule has 7 heteroatoms. The monoisotopic (exact) mass is 400 g/mol. The molecule has 1 heterocycles. The minimum absolute atomic E-state index is 0.00629. The number of aliphatic imine (C=N–C) groups is 1. The second kappa shape index (κ2) is 10.1. The van der Waals surface area contributed by atoms with Crippen molar-refractivity contribution in [3.63, 3.8) is 0 Å². The molecule has 0 aliphatic heterocycles. The second-order valence-electron chi connectivity index (χ2n) is 7.57. The Labute approximate surface area is 172 Å². The summed E-state index contributed by atoms with van der Waals surface area (Å²) in [7, 11) is 0. The van der Waals surface area contributed by atoms with E-state index >= 15 is 0 Å². The van der Waals surface area contributed by atoms with Crippen molar-refractivity contribution in [2.24, 2.45) is 10.9 Å². The second-order valence-corrected chi connectivity index (χ2v) is 7.57. The number of hydrogen-bond acceptors (Lipinski definition) is 4. The SMILES string of the molecule is CCNC(=NCc1ccc(NC(=O)C(C)C)cc1)NCC(C)(O)c1ccc(C)o1. The molecule has 7 nitrogen and oxygen atoms in total. The number of anilines is 1. The van der Waals surface area contributed by atoms with E-state index in [1.165, 1.54) is 0 Å². The van der Waals surface area contributed by atoms with Crippen molar-refractivity contribution in [1.29, 1.82) is 0 Å². The molecule has 1 unspecified atom stereocenters. The van der Waals surface area contributed by atoms with E-state index in [4.69, 9.17) is 4.42 Å². The van der Waals surface area contributed by atoms with E-state index in [-0.39, 0.29) is 18.4 Å². The quantitative estimate of drug-likeness (QED) is 0.403. The summed E-state index contributed by atoms with van der Waals surface area (Å²) in [6, 6.07) is 11.2. The van der Waals surface area contributed by atoms with Gasteiger partial charge in [-0.3, -0.25) is 4.79 Å². The molecular weight excluding hydrogens is 368 g/mol. The number of hydrogen-bond donors (Lipinski definition) is 4. The Bertz CT molecular complexity index is 823. The highest BCUT2D eigenvalue weighted by Crippen LogP contribution is 2.21. The van der Waals surface area contributed by atoms with Crippen LogP contribution in [-0.4, -0.2) is 30.1 Å². The van der Waals surface area contributed by atoms with E-state index in [9.17, 15) is 9.90 Å². The number of furan rings is 1. The molecular formula is C22H32N4O3. The summed E-state index contributed by atoms with van der Waals surface area (Å²) in [6.45, 7) is 10.7. The number of benzene rings is 1. The molecule has 1 aromatic carbocycles. The number of aryl methyl sites for hydroxylation is 1. The van der Waals surface area contributed by atoms with Gasteiger partial charge in [-0.2, -0.15) is 0 Å². The number of nitrogens with one attached hydrogen (secondary N) is 3. The molecule has 0 fully saturated rings. The van der Waals surface area contributed by atoms with Crippen LogP contribution in [0.4, 0.5) is 5.69 Å². The molecule has 0 saturated carbocycles. The first-order valence-electron chi connectivity index (χ1n) is 9.92. The van der Waals surface area contributed by atoms with Crippen LogP contribution in [0.3, 0.4) is 0 Å². The van der Waals surface area contributed by atoms with E-state index in [2.05, 4.69) is 20.9 Å². The number of amides is 1. The third-order valence-corrected chi connectivity index (χ3v) is 4.38. The average Bonchev–Trinajstić information content (AvgIpc) is 3.12. The molecule has 1 atom stereocenters. The van der Waals surface area contributed by atoms with E-state index in [1.807, 2.05) is 58.0 Å². The summed E-state index contributed by atoms with van der Waals surface area (Å²) >= 11 is 0.